The second-order valence-corrected chi connectivity index (χ2v) is 4.05. The Labute approximate surface area is 87.7 Å². The molecule has 0 saturated carbocycles. The molecular formula is C10H10Cl2O. The minimum atomic E-state index is -0.0328. The highest BCUT2D eigenvalue weighted by Crippen LogP contribution is 2.20. The average molecular weight is 217 g/mol. The molecule has 1 aromatic rings. The Bertz CT molecular complexity index is 311. The molecule has 0 unspecified atom stereocenters. The summed E-state index contributed by atoms with van der Waals surface area (Å²) in [6, 6.07) is 4.88. The highest BCUT2D eigenvalue weighted by molar-refractivity contribution is 6.35. The van der Waals surface area contributed by atoms with E-state index in [0.29, 0.717) is 15.6 Å². The van der Waals surface area contributed by atoms with Crippen LogP contribution in [0.15, 0.2) is 18.2 Å². The summed E-state index contributed by atoms with van der Waals surface area (Å²) in [5, 5.41) is 0.994. The van der Waals surface area contributed by atoms with Gasteiger partial charge in [0.1, 0.15) is 0 Å². The maximum atomic E-state index is 11.5. The standard InChI is InChI=1S/C10H10Cl2O/c1-6(2)10(13)7-3-8(11)5-9(12)4-7/h3-6H,1-2H3. The minimum absolute atomic E-state index is 0.0328. The number of carbonyl (C=O) groups is 1. The Balaban J connectivity index is 3.08. The van der Waals surface area contributed by atoms with Gasteiger partial charge in [-0.05, 0) is 18.2 Å². The first-order valence-corrected chi connectivity index (χ1v) is 4.76. The molecular weight excluding hydrogens is 207 g/mol. The monoisotopic (exact) mass is 216 g/mol. The van der Waals surface area contributed by atoms with Crippen molar-refractivity contribution < 1.29 is 4.79 Å². The fraction of sp³-hybridized carbons (Fsp3) is 0.300. The topological polar surface area (TPSA) is 17.1 Å². The average Bonchev–Trinajstić information content (AvgIpc) is 2.01. The molecule has 13 heavy (non-hydrogen) atoms. The third kappa shape index (κ3) is 2.71. The molecule has 1 nitrogen and oxygen atoms in total. The first-order valence-electron chi connectivity index (χ1n) is 4.01. The predicted octanol–water partition coefficient (Wildman–Crippen LogP) is 3.83. The first-order chi connectivity index (χ1) is 6.00. The SMILES string of the molecule is CC(C)C(=O)c1cc(Cl)cc(Cl)c1. The van der Waals surface area contributed by atoms with Crippen molar-refractivity contribution in [2.75, 3.05) is 0 Å². The summed E-state index contributed by atoms with van der Waals surface area (Å²) in [6.07, 6.45) is 0. The Hall–Kier alpha value is -0.530. The molecule has 0 aliphatic heterocycles. The molecule has 0 aliphatic carbocycles. The van der Waals surface area contributed by atoms with Gasteiger partial charge in [0, 0.05) is 21.5 Å². The van der Waals surface area contributed by atoms with E-state index in [2.05, 4.69) is 0 Å². The number of benzene rings is 1. The van der Waals surface area contributed by atoms with Crippen molar-refractivity contribution in [2.45, 2.75) is 13.8 Å². The van der Waals surface area contributed by atoms with Gasteiger partial charge in [-0.15, -0.1) is 0 Å². The van der Waals surface area contributed by atoms with E-state index in [9.17, 15) is 4.79 Å². The van der Waals surface area contributed by atoms with Crippen molar-refractivity contribution in [3.05, 3.63) is 33.8 Å². The molecule has 70 valence electrons. The summed E-state index contributed by atoms with van der Waals surface area (Å²) >= 11 is 11.5. The minimum Gasteiger partial charge on any atom is -0.294 e. The van der Waals surface area contributed by atoms with Crippen LogP contribution in [0.5, 0.6) is 0 Å². The quantitative estimate of drug-likeness (QED) is 0.688. The van der Waals surface area contributed by atoms with Crippen LogP contribution in [0.1, 0.15) is 24.2 Å². The smallest absolute Gasteiger partial charge is 0.165 e. The molecule has 0 aromatic heterocycles. The van der Waals surface area contributed by atoms with Crippen LogP contribution in [0.3, 0.4) is 0 Å². The molecule has 1 aromatic carbocycles. The van der Waals surface area contributed by atoms with Gasteiger partial charge in [-0.3, -0.25) is 4.79 Å². The van der Waals surface area contributed by atoms with Crippen molar-refractivity contribution in [1.29, 1.82) is 0 Å². The van der Waals surface area contributed by atoms with Crippen LogP contribution in [0.25, 0.3) is 0 Å². The molecule has 0 atom stereocenters. The van der Waals surface area contributed by atoms with E-state index in [4.69, 9.17) is 23.2 Å². The second-order valence-electron chi connectivity index (χ2n) is 3.18. The predicted molar refractivity (Wildman–Crippen MR) is 55.6 cm³/mol. The molecule has 0 fully saturated rings. The van der Waals surface area contributed by atoms with E-state index in [1.165, 1.54) is 0 Å². The number of hydrogen-bond acceptors (Lipinski definition) is 1. The Morgan fingerprint density at radius 1 is 1.15 bits per heavy atom. The molecule has 0 saturated heterocycles. The fourth-order valence-electron chi connectivity index (χ4n) is 1.03. The molecule has 0 spiro atoms. The van der Waals surface area contributed by atoms with Crippen LogP contribution in [0.2, 0.25) is 10.0 Å². The second kappa shape index (κ2) is 4.12. The Morgan fingerprint density at radius 3 is 2.00 bits per heavy atom. The normalized spacial score (nSPS) is 10.5. The molecule has 0 amide bonds. The number of carbonyl (C=O) groups excluding carboxylic acids is 1. The number of halogens is 2. The van der Waals surface area contributed by atoms with Gasteiger partial charge in [-0.1, -0.05) is 37.0 Å². The van der Waals surface area contributed by atoms with E-state index in [0.717, 1.165) is 0 Å². The Morgan fingerprint density at radius 2 is 1.62 bits per heavy atom. The molecule has 0 bridgehead atoms. The highest BCUT2D eigenvalue weighted by atomic mass is 35.5. The van der Waals surface area contributed by atoms with Gasteiger partial charge in [-0.2, -0.15) is 0 Å². The van der Waals surface area contributed by atoms with Crippen LogP contribution in [-0.2, 0) is 0 Å². The third-order valence-corrected chi connectivity index (χ3v) is 2.11. The number of Topliss-reactive ketones (excluding diaryl/α,β-unsaturated/α-hetero) is 1. The zero-order valence-electron chi connectivity index (χ0n) is 7.47. The molecule has 0 heterocycles. The lowest BCUT2D eigenvalue weighted by molar-refractivity contribution is 0.0939. The molecule has 3 heteroatoms. The molecule has 0 radical (unpaired) electrons. The van der Waals surface area contributed by atoms with E-state index >= 15 is 0 Å². The van der Waals surface area contributed by atoms with Crippen LogP contribution < -0.4 is 0 Å². The van der Waals surface area contributed by atoms with E-state index in [-0.39, 0.29) is 11.7 Å². The maximum Gasteiger partial charge on any atom is 0.165 e. The zero-order valence-corrected chi connectivity index (χ0v) is 8.99. The van der Waals surface area contributed by atoms with Gasteiger partial charge < -0.3 is 0 Å². The van der Waals surface area contributed by atoms with Gasteiger partial charge in [0.05, 0.1) is 0 Å². The van der Waals surface area contributed by atoms with E-state index in [1.54, 1.807) is 18.2 Å². The van der Waals surface area contributed by atoms with Crippen molar-refractivity contribution >= 4 is 29.0 Å². The summed E-state index contributed by atoms with van der Waals surface area (Å²) in [6.45, 7) is 3.69. The van der Waals surface area contributed by atoms with Crippen molar-refractivity contribution in [1.82, 2.24) is 0 Å². The number of rotatable bonds is 2. The largest absolute Gasteiger partial charge is 0.294 e. The third-order valence-electron chi connectivity index (χ3n) is 1.67. The van der Waals surface area contributed by atoms with Gasteiger partial charge >= 0.3 is 0 Å². The van der Waals surface area contributed by atoms with Crippen LogP contribution in [0, 0.1) is 5.92 Å². The van der Waals surface area contributed by atoms with Crippen molar-refractivity contribution in [2.24, 2.45) is 5.92 Å². The zero-order chi connectivity index (χ0) is 10.0. The summed E-state index contributed by atoms with van der Waals surface area (Å²) in [5.74, 6) is 0.0268. The molecule has 0 aliphatic rings. The summed E-state index contributed by atoms with van der Waals surface area (Å²) < 4.78 is 0. The van der Waals surface area contributed by atoms with Gasteiger partial charge in [-0.25, -0.2) is 0 Å². The van der Waals surface area contributed by atoms with Gasteiger partial charge in [0.2, 0.25) is 0 Å². The van der Waals surface area contributed by atoms with Crippen LogP contribution in [0.4, 0.5) is 0 Å². The van der Waals surface area contributed by atoms with Crippen molar-refractivity contribution in [3.63, 3.8) is 0 Å². The maximum absolute atomic E-state index is 11.5. The highest BCUT2D eigenvalue weighted by Gasteiger charge is 2.11. The lowest BCUT2D eigenvalue weighted by Crippen LogP contribution is -2.07. The van der Waals surface area contributed by atoms with E-state index < -0.39 is 0 Å². The molecule has 1 rings (SSSR count). The van der Waals surface area contributed by atoms with Gasteiger partial charge in [0.25, 0.3) is 0 Å². The summed E-state index contributed by atoms with van der Waals surface area (Å²) in [7, 11) is 0. The van der Waals surface area contributed by atoms with Crippen LogP contribution >= 0.6 is 23.2 Å². The number of ketones is 1. The van der Waals surface area contributed by atoms with Crippen LogP contribution in [-0.4, -0.2) is 5.78 Å². The lowest BCUT2D eigenvalue weighted by Gasteiger charge is -2.04. The number of hydrogen-bond donors (Lipinski definition) is 0. The van der Waals surface area contributed by atoms with Crippen molar-refractivity contribution in [3.8, 4) is 0 Å². The summed E-state index contributed by atoms with van der Waals surface area (Å²) in [5.41, 5.74) is 0.576. The molecule has 0 N–H and O–H groups in total. The van der Waals surface area contributed by atoms with E-state index in [1.807, 2.05) is 13.8 Å². The lowest BCUT2D eigenvalue weighted by atomic mass is 10.0. The van der Waals surface area contributed by atoms with Gasteiger partial charge in [0.15, 0.2) is 5.78 Å². The first kappa shape index (κ1) is 10.6. The fourth-order valence-corrected chi connectivity index (χ4v) is 1.56. The Kier molecular flexibility index (Phi) is 3.34. The summed E-state index contributed by atoms with van der Waals surface area (Å²) in [4.78, 5) is 11.5.